The molecule has 0 bridgehead atoms. The van der Waals surface area contributed by atoms with Crippen molar-refractivity contribution in [3.05, 3.63) is 0 Å². The van der Waals surface area contributed by atoms with Crippen molar-refractivity contribution in [2.75, 3.05) is 25.7 Å². The van der Waals surface area contributed by atoms with E-state index in [1.165, 1.54) is 0 Å². The molecule has 106 valence electrons. The third-order valence-electron chi connectivity index (χ3n) is 2.56. The maximum Gasteiger partial charge on any atom is 0.264 e. The van der Waals surface area contributed by atoms with Crippen LogP contribution in [0.3, 0.4) is 0 Å². The minimum Gasteiger partial charge on any atom is -0.370 e. The highest BCUT2D eigenvalue weighted by atomic mass is 32.2. The maximum absolute atomic E-state index is 11.0. The topological polar surface area (TPSA) is 105 Å². The highest BCUT2D eigenvalue weighted by Gasteiger charge is 2.51. The Morgan fingerprint density at radius 3 is 1.44 bits per heavy atom. The largest absolute Gasteiger partial charge is 0.370 e. The molecule has 10 heteroatoms. The first-order valence-electron chi connectivity index (χ1n) is 5.15. The van der Waals surface area contributed by atoms with Crippen molar-refractivity contribution >= 4 is 20.2 Å². The van der Waals surface area contributed by atoms with E-state index in [1.54, 1.807) is 0 Å². The Hall–Kier alpha value is -0.260. The monoisotopic (exact) mass is 302 g/mol. The molecule has 0 spiro atoms. The van der Waals surface area contributed by atoms with Crippen LogP contribution in [0.1, 0.15) is 0 Å². The second kappa shape index (κ2) is 4.69. The fourth-order valence-electron chi connectivity index (χ4n) is 2.04. The van der Waals surface area contributed by atoms with Gasteiger partial charge in [0.2, 0.25) is 0 Å². The Morgan fingerprint density at radius 1 is 0.833 bits per heavy atom. The lowest BCUT2D eigenvalue weighted by Gasteiger charge is -2.15. The molecule has 8 nitrogen and oxygen atoms in total. The summed E-state index contributed by atoms with van der Waals surface area (Å²) in [6.07, 6.45) is -0.936. The van der Waals surface area contributed by atoms with Crippen LogP contribution in [0.2, 0.25) is 0 Å². The van der Waals surface area contributed by atoms with Gasteiger partial charge < -0.3 is 9.47 Å². The molecule has 0 aromatic carbocycles. The van der Waals surface area contributed by atoms with E-state index in [0.717, 1.165) is 12.5 Å². The summed E-state index contributed by atoms with van der Waals surface area (Å²) in [5.74, 6) is 0. The Bertz CT molecular complexity index is 461. The summed E-state index contributed by atoms with van der Waals surface area (Å²) in [5.41, 5.74) is 0. The van der Waals surface area contributed by atoms with Gasteiger partial charge >= 0.3 is 0 Å². The first-order valence-corrected chi connectivity index (χ1v) is 8.79. The van der Waals surface area contributed by atoms with Crippen LogP contribution in [0.15, 0.2) is 0 Å². The van der Waals surface area contributed by atoms with E-state index in [2.05, 4.69) is 0 Å². The van der Waals surface area contributed by atoms with Crippen LogP contribution in [-0.4, -0.2) is 67.0 Å². The molecule has 2 aliphatic heterocycles. The van der Waals surface area contributed by atoms with E-state index < -0.39 is 44.7 Å². The Labute approximate surface area is 105 Å². The minimum absolute atomic E-state index is 0.0199. The third-order valence-corrected chi connectivity index (χ3v) is 3.75. The van der Waals surface area contributed by atoms with E-state index in [1.807, 2.05) is 0 Å². The molecule has 0 aromatic heterocycles. The fraction of sp³-hybridized carbons (Fsp3) is 1.00. The average Bonchev–Trinajstić information content (AvgIpc) is 2.66. The first-order chi connectivity index (χ1) is 8.16. The van der Waals surface area contributed by atoms with Gasteiger partial charge in [0.05, 0.1) is 25.7 Å². The number of ether oxygens (including phenoxy) is 2. The number of hydrogen-bond donors (Lipinski definition) is 0. The summed E-state index contributed by atoms with van der Waals surface area (Å²) in [5, 5.41) is 0. The number of hydrogen-bond acceptors (Lipinski definition) is 8. The fourth-order valence-corrected chi connectivity index (χ4v) is 3.27. The van der Waals surface area contributed by atoms with E-state index in [-0.39, 0.29) is 13.2 Å². The number of rotatable bonds is 4. The molecule has 0 aliphatic carbocycles. The summed E-state index contributed by atoms with van der Waals surface area (Å²) in [6, 6.07) is 0. The third kappa shape index (κ3) is 3.39. The molecule has 2 aliphatic rings. The molecule has 2 unspecified atom stereocenters. The standard InChI is InChI=1S/C8H14O8S2/c1-17(9,10)15-5-3-13-8-6(4-14-7(5)8)16-18(2,11)12/h5-8H,3-4H2,1-2H3/t5-,6-,7?,8?/m1/s1. The maximum atomic E-state index is 11.0. The minimum atomic E-state index is -3.62. The van der Waals surface area contributed by atoms with Crippen molar-refractivity contribution in [1.29, 1.82) is 0 Å². The van der Waals surface area contributed by atoms with Gasteiger partial charge in [0, 0.05) is 0 Å². The van der Waals surface area contributed by atoms with Crippen LogP contribution in [-0.2, 0) is 38.1 Å². The molecule has 18 heavy (non-hydrogen) atoms. The molecule has 2 fully saturated rings. The van der Waals surface area contributed by atoms with Crippen molar-refractivity contribution in [3.63, 3.8) is 0 Å². The van der Waals surface area contributed by atoms with Crippen molar-refractivity contribution in [3.8, 4) is 0 Å². The molecule has 2 heterocycles. The lowest BCUT2D eigenvalue weighted by atomic mass is 10.1. The lowest BCUT2D eigenvalue weighted by Crippen LogP contribution is -2.35. The van der Waals surface area contributed by atoms with Gasteiger partial charge in [-0.3, -0.25) is 8.37 Å². The van der Waals surface area contributed by atoms with Crippen LogP contribution in [0.4, 0.5) is 0 Å². The summed E-state index contributed by atoms with van der Waals surface area (Å²) in [6.45, 7) is 0.0397. The van der Waals surface area contributed by atoms with Crippen LogP contribution >= 0.6 is 0 Å². The highest BCUT2D eigenvalue weighted by molar-refractivity contribution is 7.86. The molecular weight excluding hydrogens is 288 g/mol. The Balaban J connectivity index is 2.03. The Kier molecular flexibility index (Phi) is 3.69. The van der Waals surface area contributed by atoms with Crippen molar-refractivity contribution in [1.82, 2.24) is 0 Å². The van der Waals surface area contributed by atoms with Gasteiger partial charge in [-0.1, -0.05) is 0 Å². The van der Waals surface area contributed by atoms with Gasteiger partial charge in [0.15, 0.2) is 0 Å². The van der Waals surface area contributed by atoms with Crippen LogP contribution in [0, 0.1) is 0 Å². The molecule has 0 aromatic rings. The predicted octanol–water partition coefficient (Wildman–Crippen LogP) is -1.53. The lowest BCUT2D eigenvalue weighted by molar-refractivity contribution is 0.0226. The smallest absolute Gasteiger partial charge is 0.264 e. The zero-order chi connectivity index (χ0) is 13.6. The summed E-state index contributed by atoms with van der Waals surface area (Å²) in [7, 11) is -7.24. The molecular formula is C8H14O8S2. The zero-order valence-electron chi connectivity index (χ0n) is 9.81. The van der Waals surface area contributed by atoms with E-state index in [9.17, 15) is 16.8 Å². The SMILES string of the molecule is CS(=O)(=O)O[C@@H]1COC2C1OC[C@H]2OS(C)(=O)=O. The molecule has 0 saturated carbocycles. The second-order valence-electron chi connectivity index (χ2n) is 4.27. The van der Waals surface area contributed by atoms with Crippen LogP contribution in [0.5, 0.6) is 0 Å². The van der Waals surface area contributed by atoms with E-state index >= 15 is 0 Å². The van der Waals surface area contributed by atoms with E-state index in [4.69, 9.17) is 17.8 Å². The van der Waals surface area contributed by atoms with Gasteiger partial charge in [-0.05, 0) is 0 Å². The Morgan fingerprint density at radius 2 is 1.17 bits per heavy atom. The predicted molar refractivity (Wildman–Crippen MR) is 58.9 cm³/mol. The molecule has 0 radical (unpaired) electrons. The molecule has 2 saturated heterocycles. The van der Waals surface area contributed by atoms with Gasteiger partial charge in [-0.2, -0.15) is 16.8 Å². The second-order valence-corrected chi connectivity index (χ2v) is 7.47. The van der Waals surface area contributed by atoms with Crippen LogP contribution < -0.4 is 0 Å². The van der Waals surface area contributed by atoms with E-state index in [0.29, 0.717) is 0 Å². The summed E-state index contributed by atoms with van der Waals surface area (Å²) >= 11 is 0. The van der Waals surface area contributed by atoms with Crippen molar-refractivity contribution < 1.29 is 34.7 Å². The first kappa shape index (κ1) is 14.2. The highest BCUT2D eigenvalue weighted by Crippen LogP contribution is 2.31. The van der Waals surface area contributed by atoms with Crippen LogP contribution in [0.25, 0.3) is 0 Å². The summed E-state index contributed by atoms with van der Waals surface area (Å²) < 4.78 is 64.3. The summed E-state index contributed by atoms with van der Waals surface area (Å²) in [4.78, 5) is 0. The van der Waals surface area contributed by atoms with Crippen molar-refractivity contribution in [2.45, 2.75) is 24.4 Å². The average molecular weight is 302 g/mol. The normalized spacial score (nSPS) is 36.8. The van der Waals surface area contributed by atoms with Gasteiger partial charge in [0.25, 0.3) is 20.2 Å². The van der Waals surface area contributed by atoms with Gasteiger partial charge in [0.1, 0.15) is 24.4 Å². The molecule has 0 N–H and O–H groups in total. The number of fused-ring (bicyclic) bond motifs is 1. The molecule has 0 amide bonds. The van der Waals surface area contributed by atoms with Gasteiger partial charge in [-0.15, -0.1) is 0 Å². The molecule has 4 atom stereocenters. The zero-order valence-corrected chi connectivity index (χ0v) is 11.4. The van der Waals surface area contributed by atoms with Crippen molar-refractivity contribution in [2.24, 2.45) is 0 Å². The molecule has 2 rings (SSSR count). The van der Waals surface area contributed by atoms with Gasteiger partial charge in [-0.25, -0.2) is 0 Å². The quantitative estimate of drug-likeness (QED) is 0.576.